The van der Waals surface area contributed by atoms with Crippen LogP contribution in [0.4, 0.5) is 10.5 Å². The maximum atomic E-state index is 12.5. The molecule has 7 nitrogen and oxygen atoms in total. The molecule has 218 valence electrons. The average molecular weight is 556 g/mol. The molecule has 3 aliphatic heterocycles. The molecule has 2 unspecified atom stereocenters. The van der Waals surface area contributed by atoms with Crippen molar-refractivity contribution in [2.24, 2.45) is 22.7 Å². The number of nitrogens with zero attached hydrogens (tertiary/aromatic N) is 3. The monoisotopic (exact) mass is 555 g/mol. The van der Waals surface area contributed by atoms with Crippen molar-refractivity contribution in [1.29, 1.82) is 0 Å². The number of hydrogen-bond acceptors (Lipinski definition) is 6. The van der Waals surface area contributed by atoms with E-state index in [1.807, 2.05) is 0 Å². The number of fused-ring (bicyclic) bond motifs is 1. The molecule has 2 fully saturated rings. The summed E-state index contributed by atoms with van der Waals surface area (Å²) < 4.78 is 6.08. The molecule has 0 radical (unpaired) electrons. The van der Waals surface area contributed by atoms with Gasteiger partial charge < -0.3 is 25.2 Å². The van der Waals surface area contributed by atoms with Gasteiger partial charge in [0.05, 0.1) is 12.4 Å². The molecule has 2 aromatic rings. The zero-order valence-corrected chi connectivity index (χ0v) is 24.8. The minimum atomic E-state index is -0.351. The molecule has 2 N–H and O–H groups in total. The highest BCUT2D eigenvalue weighted by Crippen LogP contribution is 2.50. The van der Waals surface area contributed by atoms with E-state index in [9.17, 15) is 4.79 Å². The quantitative estimate of drug-likeness (QED) is 0.503. The molecule has 6 rings (SSSR count). The van der Waals surface area contributed by atoms with E-state index in [2.05, 4.69) is 95.0 Å². The predicted molar refractivity (Wildman–Crippen MR) is 166 cm³/mol. The van der Waals surface area contributed by atoms with Crippen LogP contribution >= 0.6 is 0 Å². The first kappa shape index (κ1) is 27.8. The van der Waals surface area contributed by atoms with Gasteiger partial charge in [0.15, 0.2) is 0 Å². The van der Waals surface area contributed by atoms with Crippen molar-refractivity contribution in [2.45, 2.75) is 44.6 Å². The summed E-state index contributed by atoms with van der Waals surface area (Å²) in [5.74, 6) is 2.27. The lowest BCUT2D eigenvalue weighted by Crippen LogP contribution is -2.57. The molecule has 41 heavy (non-hydrogen) atoms. The van der Waals surface area contributed by atoms with E-state index >= 15 is 0 Å². The maximum Gasteiger partial charge on any atom is 0.407 e. The highest BCUT2D eigenvalue weighted by Gasteiger charge is 2.52. The van der Waals surface area contributed by atoms with Crippen molar-refractivity contribution in [3.05, 3.63) is 77.4 Å². The second-order valence-corrected chi connectivity index (χ2v) is 12.6. The van der Waals surface area contributed by atoms with Crippen LogP contribution in [-0.2, 0) is 10.2 Å². The number of likely N-dealkylation sites (tertiary alicyclic amines) is 1. The summed E-state index contributed by atoms with van der Waals surface area (Å²) in [5.41, 5.74) is 5.07. The number of ether oxygens (including phenoxy) is 1. The van der Waals surface area contributed by atoms with Gasteiger partial charge in [-0.3, -0.25) is 4.99 Å². The summed E-state index contributed by atoms with van der Waals surface area (Å²) in [6.07, 6.45) is 4.88. The van der Waals surface area contributed by atoms with Crippen LogP contribution in [0.25, 0.3) is 0 Å². The Bertz CT molecular complexity index is 1260. The molecule has 2 bridgehead atoms. The number of hydrogen-bond donors (Lipinski definition) is 2. The normalized spacial score (nSPS) is 28.7. The molecule has 0 aromatic heterocycles. The Morgan fingerprint density at radius 1 is 1.07 bits per heavy atom. The van der Waals surface area contributed by atoms with Gasteiger partial charge in [0.2, 0.25) is 0 Å². The van der Waals surface area contributed by atoms with Gasteiger partial charge in [0, 0.05) is 62.6 Å². The van der Waals surface area contributed by atoms with Crippen molar-refractivity contribution in [1.82, 2.24) is 15.5 Å². The van der Waals surface area contributed by atoms with Gasteiger partial charge in [-0.25, -0.2) is 4.79 Å². The van der Waals surface area contributed by atoms with Crippen molar-refractivity contribution in [3.63, 3.8) is 0 Å². The molecule has 2 aromatic carbocycles. The molecular formula is C34H45N5O2. The number of aryl methyl sites for hydroxylation is 1. The fourth-order valence-corrected chi connectivity index (χ4v) is 7.73. The third-order valence-electron chi connectivity index (χ3n) is 9.99. The first-order valence-corrected chi connectivity index (χ1v) is 15.4. The van der Waals surface area contributed by atoms with Crippen LogP contribution in [0, 0.1) is 24.7 Å². The Morgan fingerprint density at radius 3 is 2.51 bits per heavy atom. The average Bonchev–Trinajstić information content (AvgIpc) is 3.40. The number of carbonyl (C=O) groups is 1. The molecule has 3 atom stereocenters. The van der Waals surface area contributed by atoms with Crippen LogP contribution in [-0.4, -0.2) is 75.8 Å². The molecule has 0 spiro atoms. The molecule has 0 saturated carbocycles. The fraction of sp³-hybridized carbons (Fsp3) is 0.529. The number of piperidine rings is 1. The summed E-state index contributed by atoms with van der Waals surface area (Å²) in [7, 11) is 1.64. The SMILES string of the molecule is CNC(=O)OC1CC2=CC1[C@](c1ccccc1)(C1CCN(CC3CN(c4ccc(C)cc4)C3)CC1)CN/C(C)=N\C2. The van der Waals surface area contributed by atoms with Crippen LogP contribution in [0.5, 0.6) is 0 Å². The van der Waals surface area contributed by atoms with Crippen LogP contribution in [0.15, 0.2) is 71.2 Å². The summed E-state index contributed by atoms with van der Waals surface area (Å²) in [6.45, 7) is 11.4. The molecular weight excluding hydrogens is 510 g/mol. The number of amidine groups is 1. The predicted octanol–water partition coefficient (Wildman–Crippen LogP) is 4.77. The Hall–Kier alpha value is -3.32. The third-order valence-corrected chi connectivity index (χ3v) is 9.99. The standard InChI is InChI=1S/C34H45N5O2/c1-24-9-11-30(12-10-24)39-21-27(22-39)20-38-15-13-29(14-16-38)34(28-7-5-4-6-8-28)23-37-25(2)36-19-26-17-31(34)32(18-26)41-33(40)35-3/h4-12,17,27,29,31-32H,13-16,18-23H2,1-3H3,(H,35,40)(H,36,37)/t31?,32?,34-/m1/s1. The maximum absolute atomic E-state index is 12.5. The number of carbonyl (C=O) groups excluding carboxylic acids is 1. The van der Waals surface area contributed by atoms with E-state index in [0.29, 0.717) is 12.5 Å². The number of nitrogens with one attached hydrogen (secondary N) is 2. The number of aliphatic imine (C=N–C) groups is 1. The van der Waals surface area contributed by atoms with Crippen LogP contribution in [0.2, 0.25) is 0 Å². The van der Waals surface area contributed by atoms with E-state index in [4.69, 9.17) is 9.73 Å². The summed E-state index contributed by atoms with van der Waals surface area (Å²) >= 11 is 0. The zero-order chi connectivity index (χ0) is 28.4. The van der Waals surface area contributed by atoms with Crippen LogP contribution in [0.3, 0.4) is 0 Å². The summed E-state index contributed by atoms with van der Waals surface area (Å²) in [5, 5.41) is 6.39. The fourth-order valence-electron chi connectivity index (χ4n) is 7.73. The number of amides is 1. The van der Waals surface area contributed by atoms with Gasteiger partial charge in [0.25, 0.3) is 0 Å². The van der Waals surface area contributed by atoms with Gasteiger partial charge >= 0.3 is 6.09 Å². The second kappa shape index (κ2) is 11.9. The van der Waals surface area contributed by atoms with Crippen molar-refractivity contribution in [2.75, 3.05) is 57.8 Å². The molecule has 3 heterocycles. The minimum Gasteiger partial charge on any atom is -0.445 e. The first-order chi connectivity index (χ1) is 19.9. The van der Waals surface area contributed by atoms with E-state index in [0.717, 1.165) is 63.7 Å². The minimum absolute atomic E-state index is 0.0945. The molecule has 7 heteroatoms. The van der Waals surface area contributed by atoms with Gasteiger partial charge in [-0.2, -0.15) is 0 Å². The van der Waals surface area contributed by atoms with Crippen molar-refractivity contribution < 1.29 is 9.53 Å². The molecule has 1 aliphatic carbocycles. The topological polar surface area (TPSA) is 69.2 Å². The third kappa shape index (κ3) is 5.74. The van der Waals surface area contributed by atoms with Crippen LogP contribution < -0.4 is 15.5 Å². The Labute approximate surface area is 245 Å². The smallest absolute Gasteiger partial charge is 0.407 e. The highest BCUT2D eigenvalue weighted by molar-refractivity contribution is 5.80. The zero-order valence-electron chi connectivity index (χ0n) is 24.8. The van der Waals surface area contributed by atoms with Gasteiger partial charge in [-0.15, -0.1) is 0 Å². The summed E-state index contributed by atoms with van der Waals surface area (Å²) in [4.78, 5) is 22.5. The lowest BCUT2D eigenvalue weighted by Gasteiger charge is -2.51. The number of anilines is 1. The highest BCUT2D eigenvalue weighted by atomic mass is 16.6. The van der Waals surface area contributed by atoms with Gasteiger partial charge in [-0.1, -0.05) is 54.1 Å². The number of rotatable bonds is 6. The van der Waals surface area contributed by atoms with E-state index in [-0.39, 0.29) is 23.5 Å². The lowest BCUT2D eigenvalue weighted by molar-refractivity contribution is 0.0222. The van der Waals surface area contributed by atoms with Crippen molar-refractivity contribution >= 4 is 17.6 Å². The Morgan fingerprint density at radius 2 is 1.80 bits per heavy atom. The lowest BCUT2D eigenvalue weighted by atomic mass is 9.59. The largest absolute Gasteiger partial charge is 0.445 e. The number of benzene rings is 2. The number of alkyl carbamates (subject to hydrolysis) is 1. The van der Waals surface area contributed by atoms with Gasteiger partial charge in [0.1, 0.15) is 6.10 Å². The molecule has 2 saturated heterocycles. The Kier molecular flexibility index (Phi) is 8.07. The first-order valence-electron chi connectivity index (χ1n) is 15.4. The Balaban J connectivity index is 1.20. The second-order valence-electron chi connectivity index (χ2n) is 12.6. The summed E-state index contributed by atoms with van der Waals surface area (Å²) in [6, 6.07) is 19.9. The molecule has 1 amide bonds. The van der Waals surface area contributed by atoms with E-state index < -0.39 is 0 Å². The van der Waals surface area contributed by atoms with E-state index in [1.165, 1.54) is 28.9 Å². The molecule has 4 aliphatic rings. The van der Waals surface area contributed by atoms with Crippen LogP contribution in [0.1, 0.15) is 37.3 Å². The van der Waals surface area contributed by atoms with E-state index in [1.54, 1.807) is 7.05 Å². The van der Waals surface area contributed by atoms with Crippen molar-refractivity contribution in [3.8, 4) is 0 Å². The van der Waals surface area contributed by atoms with Gasteiger partial charge in [-0.05, 0) is 69.0 Å².